The number of amides is 2. The molecule has 24 heteroatoms. The highest BCUT2D eigenvalue weighted by Gasteiger charge is 2.60. The molecule has 0 aromatic carbocycles. The second-order valence-electron chi connectivity index (χ2n) is 25.1. The second kappa shape index (κ2) is 30.6. The molecule has 480 valence electrons. The number of methoxy groups -OCH3 is 1. The molecule has 22 atom stereocenters. The average molecular weight is 1240 g/mol. The predicted molar refractivity (Wildman–Crippen MR) is 321 cm³/mol. The van der Waals surface area contributed by atoms with E-state index in [0.717, 1.165) is 37.1 Å². The molecule has 0 radical (unpaired) electrons. The first-order valence-electron chi connectivity index (χ1n) is 30.3. The third-order valence-corrected chi connectivity index (χ3v) is 19.6. The van der Waals surface area contributed by atoms with E-state index in [9.17, 15) is 44.4 Å². The van der Waals surface area contributed by atoms with Gasteiger partial charge in [0.2, 0.25) is 5.91 Å². The van der Waals surface area contributed by atoms with Gasteiger partial charge in [-0.25, -0.2) is 9.78 Å². The highest BCUT2D eigenvalue weighted by molar-refractivity contribution is 7.99. The quantitative estimate of drug-likeness (QED) is 0.0547. The fraction of sp³-hybridized carbons (Fsp3) is 0.787. The normalized spacial score (nSPS) is 37.7. The molecule has 0 aliphatic carbocycles. The number of nitrogens with zero attached hydrogens (tertiary/aromatic N) is 6. The Labute approximate surface area is 512 Å². The van der Waals surface area contributed by atoms with Gasteiger partial charge in [0.1, 0.15) is 53.8 Å². The monoisotopic (exact) mass is 1240 g/mol. The number of esters is 1. The van der Waals surface area contributed by atoms with Gasteiger partial charge >= 0.3 is 12.1 Å². The van der Waals surface area contributed by atoms with Crippen LogP contribution in [-0.2, 0) is 54.1 Å². The Morgan fingerprint density at radius 3 is 2.27 bits per heavy atom. The number of halogens is 1. The Morgan fingerprint density at radius 1 is 0.965 bits per heavy atom. The fourth-order valence-corrected chi connectivity index (χ4v) is 14.4. The Morgan fingerprint density at radius 2 is 1.66 bits per heavy atom. The fourth-order valence-electron chi connectivity index (χ4n) is 13.5. The van der Waals surface area contributed by atoms with E-state index in [-0.39, 0.29) is 42.7 Å². The second-order valence-corrected chi connectivity index (χ2v) is 26.7. The van der Waals surface area contributed by atoms with Crippen molar-refractivity contribution in [2.24, 2.45) is 29.6 Å². The van der Waals surface area contributed by atoms with Gasteiger partial charge in [-0.05, 0) is 125 Å². The summed E-state index contributed by atoms with van der Waals surface area (Å²) in [5.41, 5.74) is -1.64. The number of likely N-dealkylation sites (tertiary alicyclic amines) is 1. The summed E-state index contributed by atoms with van der Waals surface area (Å²) >= 11 is 7.55. The van der Waals surface area contributed by atoms with Crippen LogP contribution in [0, 0.1) is 29.6 Å². The molecule has 0 spiro atoms. The minimum atomic E-state index is -1.40. The minimum absolute atomic E-state index is 0.130. The number of aryl methyl sites for hydroxylation is 1. The van der Waals surface area contributed by atoms with Crippen LogP contribution in [0.25, 0.3) is 11.3 Å². The molecule has 5 aliphatic rings. The molecule has 2 aromatic rings. The van der Waals surface area contributed by atoms with E-state index in [1.807, 2.05) is 74.6 Å². The van der Waals surface area contributed by atoms with Gasteiger partial charge in [0.15, 0.2) is 17.7 Å². The number of aliphatic hydroxyl groups is 4. The van der Waals surface area contributed by atoms with Crippen LogP contribution in [0.4, 0.5) is 4.79 Å². The van der Waals surface area contributed by atoms with Crippen molar-refractivity contribution in [3.05, 3.63) is 37.1 Å². The highest BCUT2D eigenvalue weighted by Crippen LogP contribution is 2.44. The number of aliphatic hydroxyl groups excluding tert-OH is 4. The number of rotatable bonds is 18. The molecule has 5 saturated heterocycles. The van der Waals surface area contributed by atoms with Crippen molar-refractivity contribution in [2.75, 3.05) is 47.6 Å². The van der Waals surface area contributed by atoms with Gasteiger partial charge in [-0.15, -0.1) is 23.4 Å². The summed E-state index contributed by atoms with van der Waals surface area (Å²) < 4.78 is 39.0. The van der Waals surface area contributed by atoms with E-state index in [4.69, 9.17) is 40.0 Å². The summed E-state index contributed by atoms with van der Waals surface area (Å²) in [6.07, 6.45) is 4.36. The molecule has 5 aliphatic heterocycles. The molecule has 0 bridgehead atoms. The number of hydrogen-bond acceptors (Lipinski definition) is 20. The number of thioether (sulfide) groups is 1. The van der Waals surface area contributed by atoms with E-state index >= 15 is 0 Å². The zero-order valence-electron chi connectivity index (χ0n) is 52.5. The summed E-state index contributed by atoms with van der Waals surface area (Å²) in [7, 11) is 7.18. The summed E-state index contributed by atoms with van der Waals surface area (Å²) in [5.74, 6) is -4.60. The number of carbonyl (C=O) groups is 5. The Hall–Kier alpha value is -3.85. The number of Topliss-reactive ketones (excluding diaryl/α,β-unsaturated/α-hetero) is 2. The van der Waals surface area contributed by atoms with Crippen molar-refractivity contribution in [3.8, 4) is 11.3 Å². The number of unbranched alkanes of at least 4 members (excludes halogenated alkanes) is 1. The third kappa shape index (κ3) is 16.1. The Kier molecular flexibility index (Phi) is 25.3. The largest absolute Gasteiger partial charge is 0.458 e. The van der Waals surface area contributed by atoms with Crippen LogP contribution in [0.15, 0.2) is 37.1 Å². The molecule has 0 saturated carbocycles. The first-order chi connectivity index (χ1) is 40.1. The molecule has 7 rings (SSSR count). The van der Waals surface area contributed by atoms with Crippen molar-refractivity contribution >= 4 is 52.9 Å². The van der Waals surface area contributed by atoms with Crippen molar-refractivity contribution in [1.82, 2.24) is 34.6 Å². The SMILES string of the molecule is CCC[C@@H]1C[C@@H](C(=O)N[C@@H]([C@H]2O[C@H](SC)[C@H](O)[C@@H](O)[C@H]2O)[C@H](C)Cl)N(C)C1.CC[C@@H]1OC(=O)[C@H](C)C(=O)[C@H](C)[C@@H](O[C@@H]2O[C@H](C)C[C@H](N(C)C)[C@H]2O)[C@](C)(OC)C[C@@H](C)C(=O)[C@@H](C)[C@H]2N(CCCCn3cnc(-c4cccnc4)c3)C(=O)O[C@]12C. The van der Waals surface area contributed by atoms with Gasteiger partial charge < -0.3 is 68.5 Å². The lowest BCUT2D eigenvalue weighted by Gasteiger charge is -2.47. The average Bonchev–Trinajstić information content (AvgIpc) is 2.69. The first kappa shape index (κ1) is 70.2. The number of ether oxygens (including phenoxy) is 6. The van der Waals surface area contributed by atoms with Gasteiger partial charge in [0, 0.05) is 74.7 Å². The van der Waals surface area contributed by atoms with E-state index in [1.165, 1.54) is 25.8 Å². The van der Waals surface area contributed by atoms with Gasteiger partial charge in [0.05, 0.1) is 53.3 Å². The molecule has 0 unspecified atom stereocenters. The number of cyclic esters (lactones) is 1. The van der Waals surface area contributed by atoms with Crippen LogP contribution in [0.2, 0.25) is 0 Å². The van der Waals surface area contributed by atoms with E-state index in [2.05, 4.69) is 22.2 Å². The van der Waals surface area contributed by atoms with Crippen molar-refractivity contribution in [3.63, 3.8) is 0 Å². The third-order valence-electron chi connectivity index (χ3n) is 18.4. The molecule has 5 fully saturated rings. The van der Waals surface area contributed by atoms with E-state index in [0.29, 0.717) is 38.3 Å². The molecular formula is C61H98ClN7O15S. The van der Waals surface area contributed by atoms with E-state index < -0.39 is 125 Å². The van der Waals surface area contributed by atoms with Crippen molar-refractivity contribution in [2.45, 2.75) is 228 Å². The van der Waals surface area contributed by atoms with Crippen LogP contribution < -0.4 is 5.32 Å². The molecule has 2 aromatic heterocycles. The Bertz CT molecular complexity index is 2520. The summed E-state index contributed by atoms with van der Waals surface area (Å²) in [6.45, 7) is 19.7. The van der Waals surface area contributed by atoms with Gasteiger partial charge in [-0.1, -0.05) is 41.0 Å². The first-order valence-corrected chi connectivity index (χ1v) is 32.1. The lowest BCUT2D eigenvalue weighted by molar-refractivity contribution is -0.295. The number of imidazole rings is 1. The summed E-state index contributed by atoms with van der Waals surface area (Å²) in [5, 5.41) is 44.5. The number of carbonyl (C=O) groups excluding carboxylic acids is 5. The van der Waals surface area contributed by atoms with Crippen LogP contribution in [-0.4, -0.2) is 228 Å². The zero-order chi connectivity index (χ0) is 63.0. The number of aromatic nitrogens is 3. The van der Waals surface area contributed by atoms with Crippen molar-refractivity contribution < 1.29 is 72.8 Å². The van der Waals surface area contributed by atoms with Crippen LogP contribution in [0.1, 0.15) is 121 Å². The van der Waals surface area contributed by atoms with E-state index in [1.54, 1.807) is 64.5 Å². The van der Waals surface area contributed by atoms with Crippen LogP contribution in [0.3, 0.4) is 0 Å². The van der Waals surface area contributed by atoms with Gasteiger partial charge in [-0.2, -0.15) is 0 Å². The summed E-state index contributed by atoms with van der Waals surface area (Å²) in [4.78, 5) is 84.0. The lowest BCUT2D eigenvalue weighted by Crippen LogP contribution is -2.65. The number of pyridine rings is 1. The molecule has 5 N–H and O–H groups in total. The smallest absolute Gasteiger partial charge is 0.410 e. The lowest BCUT2D eigenvalue weighted by atomic mass is 9.73. The predicted octanol–water partition coefficient (Wildman–Crippen LogP) is 5.32. The molecular weight excluding hydrogens is 1140 g/mol. The molecule has 22 nitrogen and oxygen atoms in total. The molecule has 7 heterocycles. The number of likely N-dealkylation sites (N-methyl/N-ethyl adjacent to an activating group) is 2. The molecule has 85 heavy (non-hydrogen) atoms. The van der Waals surface area contributed by atoms with Crippen molar-refractivity contribution in [1.29, 1.82) is 0 Å². The van der Waals surface area contributed by atoms with Gasteiger partial charge in [-0.3, -0.25) is 29.1 Å². The summed E-state index contributed by atoms with van der Waals surface area (Å²) in [6, 6.07) is 1.81. The highest BCUT2D eigenvalue weighted by atomic mass is 35.5. The van der Waals surface area contributed by atoms with Crippen LogP contribution >= 0.6 is 23.4 Å². The number of ketones is 2. The number of fused-ring (bicyclic) bond motifs is 1. The number of hydrogen-bond donors (Lipinski definition) is 5. The number of alkyl halides is 1. The van der Waals surface area contributed by atoms with Crippen LogP contribution in [0.5, 0.6) is 0 Å². The maximum Gasteiger partial charge on any atom is 0.410 e. The Balaban J connectivity index is 0.000000357. The topological polar surface area (TPSA) is 274 Å². The zero-order valence-corrected chi connectivity index (χ0v) is 54.1. The molecule has 2 amide bonds. The van der Waals surface area contributed by atoms with Gasteiger partial charge in [0.25, 0.3) is 0 Å². The maximum atomic E-state index is 14.7. The minimum Gasteiger partial charge on any atom is -0.458 e. The number of nitrogens with one attached hydrogen (secondary N) is 1. The maximum absolute atomic E-state index is 14.7. The standard InChI is InChI=1S/C43H65N5O10.C18H33ClN2O5S/c1-12-33-43(8)37(48(41(53)58-43)19-14-13-18-47-23-31(45-24-47)30-16-15-17-44-22-30)27(4)34(49)25(2)21-42(7,54-11)38(28(5)35(50)29(6)39(52)56-33)57-40-36(51)32(46(9)10)20-26(3)55-40;1-5-6-10-7-11(21(3)8-10)17(25)20-12(9(2)19)16-14(23)13(22)15(24)18(26-16)27-4/h15-17,22-29,32-33,36-38,40,51H,12-14,18-21H2,1-11H3;9-16,18,22-24H,5-8H2,1-4H3,(H,20,25)/t25-,26-,27-,28+,29-,32+,33+,36-,37-,38-,40+,42-,43-;9-,10+,11-,12+,13-,14+,15+,16+,18+/m10/s1.